The minimum Gasteiger partial charge on any atom is -0.462 e. The van der Waals surface area contributed by atoms with Crippen molar-refractivity contribution in [2.45, 2.75) is 290 Å². The van der Waals surface area contributed by atoms with Crippen LogP contribution in [0.5, 0.6) is 0 Å². The average molecular weight is 933 g/mol. The van der Waals surface area contributed by atoms with Gasteiger partial charge in [0.15, 0.2) is 6.10 Å². The van der Waals surface area contributed by atoms with E-state index in [0.717, 1.165) is 57.8 Å². The van der Waals surface area contributed by atoms with Crippen molar-refractivity contribution in [2.75, 3.05) is 26.4 Å². The van der Waals surface area contributed by atoms with Gasteiger partial charge in [0, 0.05) is 19.3 Å². The molecule has 3 unspecified atom stereocenters. The lowest BCUT2D eigenvalue weighted by Gasteiger charge is -2.21. The summed E-state index contributed by atoms with van der Waals surface area (Å²) in [5.74, 6) is -1.44. The summed E-state index contributed by atoms with van der Waals surface area (Å²) >= 11 is 0. The number of esters is 3. The summed E-state index contributed by atoms with van der Waals surface area (Å²) in [5, 5.41) is 9.74. The maximum atomic E-state index is 12.8. The zero-order chi connectivity index (χ0) is 47.0. The Balaban J connectivity index is 4.66. The number of phosphoric acid groups is 1. The number of carbonyl (C=O) groups excluding carboxylic acids is 3. The van der Waals surface area contributed by atoms with Gasteiger partial charge < -0.3 is 24.2 Å². The number of ether oxygens (including phenoxy) is 3. The molecule has 3 atom stereocenters. The van der Waals surface area contributed by atoms with Crippen LogP contribution in [0, 0.1) is 0 Å². The van der Waals surface area contributed by atoms with Crippen LogP contribution in [0.3, 0.4) is 0 Å². The van der Waals surface area contributed by atoms with Crippen LogP contribution in [-0.4, -0.2) is 66.5 Å². The topological polar surface area (TPSA) is 155 Å². The van der Waals surface area contributed by atoms with Gasteiger partial charge in [-0.3, -0.25) is 23.4 Å². The molecule has 0 aromatic heterocycles. The van der Waals surface area contributed by atoms with Crippen LogP contribution in [0.25, 0.3) is 0 Å². The fraction of sp³-hybridized carbons (Fsp3) is 0.942. The predicted octanol–water partition coefficient (Wildman–Crippen LogP) is 15.1. The molecule has 0 fully saturated rings. The Morgan fingerprint density at radius 1 is 0.375 bits per heavy atom. The Morgan fingerprint density at radius 3 is 0.922 bits per heavy atom. The number of carbonyl (C=O) groups is 3. The molecular formula is C52H101O11P. The normalized spacial score (nSPS) is 13.4. The van der Waals surface area contributed by atoms with Crippen LogP contribution in [-0.2, 0) is 42.2 Å². The molecule has 0 aromatic carbocycles. The second-order valence-corrected chi connectivity index (χ2v) is 19.9. The Morgan fingerprint density at radius 2 is 0.625 bits per heavy atom. The quantitative estimate of drug-likeness (QED) is 0.0259. The molecule has 0 aliphatic rings. The maximum Gasteiger partial charge on any atom is 0.472 e. The average Bonchev–Trinajstić information content (AvgIpc) is 3.28. The van der Waals surface area contributed by atoms with Crippen molar-refractivity contribution in [2.24, 2.45) is 0 Å². The first-order valence-electron chi connectivity index (χ1n) is 26.9. The van der Waals surface area contributed by atoms with Gasteiger partial charge >= 0.3 is 25.7 Å². The molecule has 0 aliphatic heterocycles. The fourth-order valence-electron chi connectivity index (χ4n) is 7.89. The molecule has 0 aromatic rings. The number of aliphatic hydroxyl groups is 1. The Labute approximate surface area is 393 Å². The number of unbranched alkanes of at least 4 members (excludes halogenated alkanes) is 34. The third-order valence-electron chi connectivity index (χ3n) is 12.0. The van der Waals surface area contributed by atoms with Gasteiger partial charge in [-0.2, -0.15) is 0 Å². The number of rotatable bonds is 51. The van der Waals surface area contributed by atoms with Crippen LogP contribution in [0.15, 0.2) is 0 Å². The van der Waals surface area contributed by atoms with Gasteiger partial charge in [0.25, 0.3) is 0 Å². The molecule has 12 heteroatoms. The van der Waals surface area contributed by atoms with E-state index in [9.17, 15) is 28.9 Å². The molecule has 0 aliphatic carbocycles. The Bertz CT molecular complexity index is 1090. The van der Waals surface area contributed by atoms with E-state index < -0.39 is 57.8 Å². The zero-order valence-corrected chi connectivity index (χ0v) is 42.7. The SMILES string of the molecule is CCCCCCCCCCCCCCCCCCCC(=O)OC(COC(=O)CCCCCCCCCCCCC)COP(=O)(O)OCC(CO)OC(=O)CCCCCCCCCCC. The summed E-state index contributed by atoms with van der Waals surface area (Å²) in [7, 11) is -4.72. The molecule has 0 amide bonds. The minimum atomic E-state index is -4.72. The van der Waals surface area contributed by atoms with Gasteiger partial charge in [-0.05, 0) is 19.3 Å². The standard InChI is InChI=1S/C52H101O11P/c1-4-7-10-13-16-19-21-22-23-24-25-26-28-31-34-37-40-43-52(56)63-49(45-59-50(54)41-38-35-32-30-27-20-17-14-11-8-5-2)47-61-64(57,58)60-46-48(44-53)62-51(55)42-39-36-33-29-18-15-12-9-6-3/h48-49,53H,4-47H2,1-3H3,(H,57,58). The predicted molar refractivity (Wildman–Crippen MR) is 261 cm³/mol. The van der Waals surface area contributed by atoms with Crippen molar-refractivity contribution in [3.05, 3.63) is 0 Å². The molecule has 64 heavy (non-hydrogen) atoms. The highest BCUT2D eigenvalue weighted by Gasteiger charge is 2.28. The van der Waals surface area contributed by atoms with Crippen LogP contribution in [0.1, 0.15) is 278 Å². The van der Waals surface area contributed by atoms with Crippen molar-refractivity contribution in [1.29, 1.82) is 0 Å². The summed E-state index contributed by atoms with van der Waals surface area (Å²) in [5.41, 5.74) is 0. The summed E-state index contributed by atoms with van der Waals surface area (Å²) < 4.78 is 39.3. The van der Waals surface area contributed by atoms with E-state index >= 15 is 0 Å². The van der Waals surface area contributed by atoms with Crippen LogP contribution in [0.4, 0.5) is 0 Å². The molecule has 0 heterocycles. The van der Waals surface area contributed by atoms with Crippen LogP contribution in [0.2, 0.25) is 0 Å². The van der Waals surface area contributed by atoms with Crippen LogP contribution >= 0.6 is 7.82 Å². The first kappa shape index (κ1) is 62.5. The first-order valence-corrected chi connectivity index (χ1v) is 28.4. The van der Waals surface area contributed by atoms with Gasteiger partial charge in [0.05, 0.1) is 19.8 Å². The molecule has 0 rings (SSSR count). The van der Waals surface area contributed by atoms with E-state index in [1.165, 1.54) is 161 Å². The van der Waals surface area contributed by atoms with Crippen molar-refractivity contribution < 1.29 is 52.2 Å². The van der Waals surface area contributed by atoms with Crippen LogP contribution < -0.4 is 0 Å². The summed E-state index contributed by atoms with van der Waals surface area (Å²) in [6.45, 7) is 4.65. The van der Waals surface area contributed by atoms with Gasteiger partial charge in [0.2, 0.25) is 0 Å². The number of hydrogen-bond acceptors (Lipinski definition) is 10. The lowest BCUT2D eigenvalue weighted by Crippen LogP contribution is -2.30. The molecule has 0 bridgehead atoms. The zero-order valence-electron chi connectivity index (χ0n) is 41.8. The van der Waals surface area contributed by atoms with E-state index in [4.69, 9.17) is 23.3 Å². The van der Waals surface area contributed by atoms with Crippen molar-refractivity contribution in [3.63, 3.8) is 0 Å². The monoisotopic (exact) mass is 933 g/mol. The molecule has 0 saturated heterocycles. The van der Waals surface area contributed by atoms with E-state index in [-0.39, 0.29) is 25.9 Å². The Hall–Kier alpha value is -1.52. The number of phosphoric ester groups is 1. The molecular weight excluding hydrogens is 832 g/mol. The third-order valence-corrected chi connectivity index (χ3v) is 13.0. The molecule has 380 valence electrons. The third kappa shape index (κ3) is 45.6. The van der Waals surface area contributed by atoms with E-state index in [1.54, 1.807) is 0 Å². The first-order chi connectivity index (χ1) is 31.2. The van der Waals surface area contributed by atoms with Crippen molar-refractivity contribution in [1.82, 2.24) is 0 Å². The molecule has 2 N–H and O–H groups in total. The van der Waals surface area contributed by atoms with Crippen molar-refractivity contribution >= 4 is 25.7 Å². The number of aliphatic hydroxyl groups excluding tert-OH is 1. The van der Waals surface area contributed by atoms with E-state index in [1.807, 2.05) is 0 Å². The lowest BCUT2D eigenvalue weighted by atomic mass is 10.0. The Kier molecular flexibility index (Phi) is 46.8. The smallest absolute Gasteiger partial charge is 0.462 e. The van der Waals surface area contributed by atoms with E-state index in [0.29, 0.717) is 19.3 Å². The second kappa shape index (κ2) is 48.0. The van der Waals surface area contributed by atoms with Gasteiger partial charge in [0.1, 0.15) is 12.7 Å². The highest BCUT2D eigenvalue weighted by Crippen LogP contribution is 2.43. The molecule has 0 saturated carbocycles. The van der Waals surface area contributed by atoms with Gasteiger partial charge in [-0.1, -0.05) is 239 Å². The second-order valence-electron chi connectivity index (χ2n) is 18.4. The maximum absolute atomic E-state index is 12.8. The summed E-state index contributed by atoms with van der Waals surface area (Å²) in [6, 6.07) is 0. The lowest BCUT2D eigenvalue weighted by molar-refractivity contribution is -0.161. The minimum absolute atomic E-state index is 0.178. The highest BCUT2D eigenvalue weighted by atomic mass is 31.2. The highest BCUT2D eigenvalue weighted by molar-refractivity contribution is 7.47. The largest absolute Gasteiger partial charge is 0.472 e. The molecule has 0 radical (unpaired) electrons. The molecule has 0 spiro atoms. The van der Waals surface area contributed by atoms with Gasteiger partial charge in [-0.15, -0.1) is 0 Å². The fourth-order valence-corrected chi connectivity index (χ4v) is 8.67. The van der Waals surface area contributed by atoms with Crippen molar-refractivity contribution in [3.8, 4) is 0 Å². The number of hydrogen-bond donors (Lipinski definition) is 2. The van der Waals surface area contributed by atoms with Gasteiger partial charge in [-0.25, -0.2) is 4.57 Å². The molecule has 11 nitrogen and oxygen atoms in total. The van der Waals surface area contributed by atoms with E-state index in [2.05, 4.69) is 20.8 Å². The summed E-state index contributed by atoms with van der Waals surface area (Å²) in [6.07, 6.45) is 42.2. The summed E-state index contributed by atoms with van der Waals surface area (Å²) in [4.78, 5) is 48.2.